The molecule has 0 saturated carbocycles. The molecule has 5 nitrogen and oxygen atoms in total. The van der Waals surface area contributed by atoms with Crippen LogP contribution in [0.4, 0.5) is 0 Å². The Bertz CT molecular complexity index is 257. The van der Waals surface area contributed by atoms with Gasteiger partial charge in [0.05, 0.1) is 19.8 Å². The second-order valence-corrected chi connectivity index (χ2v) is 6.04. The Labute approximate surface area is 110 Å². The van der Waals surface area contributed by atoms with E-state index in [1.165, 1.54) is 0 Å². The number of ether oxygens (including phenoxy) is 1. The summed E-state index contributed by atoms with van der Waals surface area (Å²) in [5.74, 6) is 0.0437. The Morgan fingerprint density at radius 2 is 2.22 bits per heavy atom. The van der Waals surface area contributed by atoms with Gasteiger partial charge in [-0.05, 0) is 34.1 Å². The highest BCUT2D eigenvalue weighted by Crippen LogP contribution is 2.02. The fraction of sp³-hybridized carbons (Fsp3) is 0.923. The van der Waals surface area contributed by atoms with Crippen LogP contribution in [0.15, 0.2) is 0 Å². The molecule has 0 aromatic carbocycles. The Hall–Kier alpha value is -0.650. The highest BCUT2D eigenvalue weighted by Gasteiger charge is 2.17. The fourth-order valence-corrected chi connectivity index (χ4v) is 2.01. The zero-order valence-electron chi connectivity index (χ0n) is 12.0. The first-order valence-electron chi connectivity index (χ1n) is 6.72. The number of carbonyl (C=O) groups is 1. The molecule has 1 rings (SSSR count). The van der Waals surface area contributed by atoms with E-state index >= 15 is 0 Å². The van der Waals surface area contributed by atoms with Crippen LogP contribution in [0, 0.1) is 0 Å². The van der Waals surface area contributed by atoms with E-state index in [1.807, 2.05) is 20.8 Å². The number of nitrogens with one attached hydrogen (secondary N) is 3. The molecule has 1 aliphatic rings. The van der Waals surface area contributed by atoms with E-state index in [0.29, 0.717) is 18.6 Å². The molecule has 1 saturated heterocycles. The molecule has 1 amide bonds. The molecule has 0 radical (unpaired) electrons. The zero-order chi connectivity index (χ0) is 13.6. The highest BCUT2D eigenvalue weighted by atomic mass is 16.5. The van der Waals surface area contributed by atoms with Gasteiger partial charge in [-0.1, -0.05) is 0 Å². The molecule has 18 heavy (non-hydrogen) atoms. The molecule has 1 heterocycles. The lowest BCUT2D eigenvalue weighted by atomic mass is 10.1. The molecule has 0 aliphatic carbocycles. The molecule has 1 aliphatic heterocycles. The van der Waals surface area contributed by atoms with E-state index in [4.69, 9.17) is 4.74 Å². The third-order valence-corrected chi connectivity index (χ3v) is 2.76. The van der Waals surface area contributed by atoms with Crippen LogP contribution in [0.5, 0.6) is 0 Å². The summed E-state index contributed by atoms with van der Waals surface area (Å²) in [6.07, 6.45) is 0.975. The predicted octanol–water partition coefficient (Wildman–Crippen LogP) is 0.258. The normalized spacial score (nSPS) is 22.6. The Balaban J connectivity index is 2.16. The molecule has 2 unspecified atom stereocenters. The lowest BCUT2D eigenvalue weighted by Crippen LogP contribution is -2.48. The van der Waals surface area contributed by atoms with Crippen LogP contribution in [-0.4, -0.2) is 49.8 Å². The minimum absolute atomic E-state index is 0.0437. The van der Waals surface area contributed by atoms with Crippen molar-refractivity contribution in [3.63, 3.8) is 0 Å². The summed E-state index contributed by atoms with van der Waals surface area (Å²) in [6, 6.07) is 0.696. The zero-order valence-corrected chi connectivity index (χ0v) is 12.0. The van der Waals surface area contributed by atoms with Crippen molar-refractivity contribution in [1.29, 1.82) is 0 Å². The summed E-state index contributed by atoms with van der Waals surface area (Å²) in [5, 5.41) is 9.59. The largest absolute Gasteiger partial charge is 0.379 e. The van der Waals surface area contributed by atoms with E-state index in [9.17, 15) is 4.79 Å². The molecule has 106 valence electrons. The smallest absolute Gasteiger partial charge is 0.234 e. The van der Waals surface area contributed by atoms with Gasteiger partial charge in [-0.3, -0.25) is 4.79 Å². The first kappa shape index (κ1) is 15.4. The van der Waals surface area contributed by atoms with Gasteiger partial charge in [0.1, 0.15) is 0 Å². The maximum Gasteiger partial charge on any atom is 0.234 e. The second-order valence-electron chi connectivity index (χ2n) is 6.04. The molecule has 0 aromatic rings. The topological polar surface area (TPSA) is 62.4 Å². The maximum atomic E-state index is 11.6. The van der Waals surface area contributed by atoms with Crippen molar-refractivity contribution in [2.24, 2.45) is 0 Å². The summed E-state index contributed by atoms with van der Waals surface area (Å²) >= 11 is 0. The van der Waals surface area contributed by atoms with Crippen molar-refractivity contribution in [1.82, 2.24) is 16.0 Å². The van der Waals surface area contributed by atoms with Crippen LogP contribution in [0.25, 0.3) is 0 Å². The van der Waals surface area contributed by atoms with Gasteiger partial charge in [0.25, 0.3) is 0 Å². The molecule has 0 spiro atoms. The minimum atomic E-state index is -0.166. The molecular formula is C13H27N3O2. The molecule has 0 aromatic heterocycles. The van der Waals surface area contributed by atoms with Crippen LogP contribution in [0.1, 0.15) is 34.1 Å². The standard InChI is InChI=1S/C13H27N3O2/c1-10(7-11-9-18-6-5-14-11)15-8-12(17)16-13(2,3)4/h10-11,14-15H,5-9H2,1-4H3,(H,16,17). The number of morpholine rings is 1. The first-order valence-corrected chi connectivity index (χ1v) is 6.72. The van der Waals surface area contributed by atoms with Crippen molar-refractivity contribution in [2.75, 3.05) is 26.3 Å². The van der Waals surface area contributed by atoms with Crippen LogP contribution >= 0.6 is 0 Å². The lowest BCUT2D eigenvalue weighted by Gasteiger charge is -2.27. The molecule has 3 N–H and O–H groups in total. The van der Waals surface area contributed by atoms with Gasteiger partial charge in [0.15, 0.2) is 0 Å². The molecule has 0 bridgehead atoms. The number of rotatable bonds is 5. The number of hydrogen-bond donors (Lipinski definition) is 3. The quantitative estimate of drug-likeness (QED) is 0.661. The van der Waals surface area contributed by atoms with Crippen LogP contribution in [-0.2, 0) is 9.53 Å². The van der Waals surface area contributed by atoms with Gasteiger partial charge < -0.3 is 20.7 Å². The molecule has 1 fully saturated rings. The Morgan fingerprint density at radius 1 is 1.50 bits per heavy atom. The van der Waals surface area contributed by atoms with Crippen LogP contribution in [0.3, 0.4) is 0 Å². The van der Waals surface area contributed by atoms with Crippen molar-refractivity contribution >= 4 is 5.91 Å². The lowest BCUT2D eigenvalue weighted by molar-refractivity contribution is -0.121. The number of amides is 1. The van der Waals surface area contributed by atoms with Crippen molar-refractivity contribution in [2.45, 2.75) is 51.7 Å². The fourth-order valence-electron chi connectivity index (χ4n) is 2.01. The molecule has 2 atom stereocenters. The van der Waals surface area contributed by atoms with Gasteiger partial charge in [-0.15, -0.1) is 0 Å². The summed E-state index contributed by atoms with van der Waals surface area (Å²) in [5.41, 5.74) is -0.166. The second kappa shape index (κ2) is 7.07. The van der Waals surface area contributed by atoms with Crippen LogP contribution in [0.2, 0.25) is 0 Å². The van der Waals surface area contributed by atoms with Gasteiger partial charge in [-0.25, -0.2) is 0 Å². The number of carbonyl (C=O) groups excluding carboxylic acids is 1. The molecule has 5 heteroatoms. The first-order chi connectivity index (χ1) is 8.37. The molecular weight excluding hydrogens is 230 g/mol. The Kier molecular flexibility index (Phi) is 6.05. The van der Waals surface area contributed by atoms with Crippen LogP contribution < -0.4 is 16.0 Å². The van der Waals surface area contributed by atoms with Crippen molar-refractivity contribution < 1.29 is 9.53 Å². The number of hydrogen-bond acceptors (Lipinski definition) is 4. The summed E-state index contributed by atoms with van der Waals surface area (Å²) in [7, 11) is 0. The third-order valence-electron chi connectivity index (χ3n) is 2.76. The van der Waals surface area contributed by atoms with E-state index in [2.05, 4.69) is 22.9 Å². The van der Waals surface area contributed by atoms with Gasteiger partial charge >= 0.3 is 0 Å². The minimum Gasteiger partial charge on any atom is -0.379 e. The monoisotopic (exact) mass is 257 g/mol. The maximum absolute atomic E-state index is 11.6. The van der Waals surface area contributed by atoms with Gasteiger partial charge in [0, 0.05) is 24.2 Å². The Morgan fingerprint density at radius 3 is 2.78 bits per heavy atom. The summed E-state index contributed by atoms with van der Waals surface area (Å²) in [6.45, 7) is 10.9. The van der Waals surface area contributed by atoms with E-state index < -0.39 is 0 Å². The van der Waals surface area contributed by atoms with Gasteiger partial charge in [0.2, 0.25) is 5.91 Å². The van der Waals surface area contributed by atoms with Crippen molar-refractivity contribution in [3.8, 4) is 0 Å². The van der Waals surface area contributed by atoms with E-state index in [0.717, 1.165) is 26.2 Å². The summed E-state index contributed by atoms with van der Waals surface area (Å²) in [4.78, 5) is 11.6. The summed E-state index contributed by atoms with van der Waals surface area (Å²) < 4.78 is 5.40. The predicted molar refractivity (Wildman–Crippen MR) is 72.6 cm³/mol. The van der Waals surface area contributed by atoms with E-state index in [1.54, 1.807) is 0 Å². The average molecular weight is 257 g/mol. The average Bonchev–Trinajstić information content (AvgIpc) is 2.25. The third kappa shape index (κ3) is 6.93. The highest BCUT2D eigenvalue weighted by molar-refractivity contribution is 5.78. The SMILES string of the molecule is CC(CC1COCCN1)NCC(=O)NC(C)(C)C. The van der Waals surface area contributed by atoms with Gasteiger partial charge in [-0.2, -0.15) is 0 Å². The van der Waals surface area contributed by atoms with E-state index in [-0.39, 0.29) is 11.4 Å². The van der Waals surface area contributed by atoms with Crippen molar-refractivity contribution in [3.05, 3.63) is 0 Å².